The average molecular weight is 400 g/mol. The molecular weight excluding hydrogens is 382 g/mol. The first-order valence-electron chi connectivity index (χ1n) is 7.26. The lowest BCUT2D eigenvalue weighted by atomic mass is 10.3. The van der Waals surface area contributed by atoms with Crippen molar-refractivity contribution < 1.29 is 14.1 Å². The van der Waals surface area contributed by atoms with E-state index in [1.54, 1.807) is 12.1 Å². The zero-order valence-corrected chi connectivity index (χ0v) is 14.9. The third-order valence-electron chi connectivity index (χ3n) is 3.14. The molecule has 130 valence electrons. The van der Waals surface area contributed by atoms with Crippen molar-refractivity contribution in [2.24, 2.45) is 0 Å². The molecule has 10 heteroatoms. The van der Waals surface area contributed by atoms with E-state index in [2.05, 4.69) is 26.3 Å². The molecule has 2 aromatic heterocycles. The highest BCUT2D eigenvalue weighted by Gasteiger charge is 2.19. The number of carbonyl (C=O) groups excluding carboxylic acids is 1. The van der Waals surface area contributed by atoms with Gasteiger partial charge in [-0.15, -0.1) is 0 Å². The van der Waals surface area contributed by atoms with E-state index in [0.717, 1.165) is 13.0 Å². The van der Waals surface area contributed by atoms with Crippen LogP contribution in [0.4, 0.5) is 5.82 Å². The van der Waals surface area contributed by atoms with Crippen molar-refractivity contribution in [3.63, 3.8) is 0 Å². The van der Waals surface area contributed by atoms with Crippen LogP contribution < -0.4 is 5.32 Å². The Morgan fingerprint density at radius 2 is 2.25 bits per heavy atom. The molecule has 0 aliphatic carbocycles. The number of hydrogen-bond acceptors (Lipinski definition) is 6. The number of nitro groups is 1. The Labute approximate surface area is 146 Å². The van der Waals surface area contributed by atoms with Crippen molar-refractivity contribution in [3.05, 3.63) is 44.4 Å². The number of carbonyl (C=O) groups is 1. The third kappa shape index (κ3) is 4.90. The lowest BCUT2D eigenvalue weighted by Gasteiger charge is -2.09. The normalized spacial score (nSPS) is 11.0. The Bertz CT molecular complexity index is 725. The summed E-state index contributed by atoms with van der Waals surface area (Å²) in [7, 11) is 3.94. The van der Waals surface area contributed by atoms with Crippen LogP contribution in [-0.2, 0) is 6.54 Å². The van der Waals surface area contributed by atoms with Crippen molar-refractivity contribution in [1.29, 1.82) is 0 Å². The Balaban J connectivity index is 1.92. The van der Waals surface area contributed by atoms with E-state index in [9.17, 15) is 14.9 Å². The zero-order valence-electron chi connectivity index (χ0n) is 13.4. The average Bonchev–Trinajstić information content (AvgIpc) is 3.10. The number of rotatable bonds is 8. The minimum absolute atomic E-state index is 0.195. The largest absolute Gasteiger partial charge is 0.454 e. The highest BCUT2D eigenvalue weighted by Crippen LogP contribution is 2.22. The van der Waals surface area contributed by atoms with E-state index in [1.165, 1.54) is 10.9 Å². The van der Waals surface area contributed by atoms with Gasteiger partial charge >= 0.3 is 5.82 Å². The van der Waals surface area contributed by atoms with Crippen LogP contribution in [0.3, 0.4) is 0 Å². The Morgan fingerprint density at radius 1 is 1.50 bits per heavy atom. The van der Waals surface area contributed by atoms with Gasteiger partial charge in [0, 0.05) is 6.54 Å². The first-order valence-corrected chi connectivity index (χ1v) is 8.05. The van der Waals surface area contributed by atoms with Crippen LogP contribution in [0.15, 0.2) is 27.2 Å². The molecule has 0 fully saturated rings. The van der Waals surface area contributed by atoms with Gasteiger partial charge in [0.15, 0.2) is 5.76 Å². The Morgan fingerprint density at radius 3 is 2.88 bits per heavy atom. The minimum atomic E-state index is -0.574. The molecule has 0 aliphatic heterocycles. The molecule has 9 nitrogen and oxygen atoms in total. The highest BCUT2D eigenvalue weighted by molar-refractivity contribution is 9.10. The first-order chi connectivity index (χ1) is 11.4. The van der Waals surface area contributed by atoms with Crippen LogP contribution in [0.1, 0.15) is 22.7 Å². The van der Waals surface area contributed by atoms with E-state index < -0.39 is 4.92 Å². The summed E-state index contributed by atoms with van der Waals surface area (Å²) in [6, 6.07) is 3.22. The van der Waals surface area contributed by atoms with E-state index in [-0.39, 0.29) is 28.5 Å². The molecule has 0 bridgehead atoms. The van der Waals surface area contributed by atoms with Gasteiger partial charge in [0.2, 0.25) is 0 Å². The quantitative estimate of drug-likeness (QED) is 0.412. The van der Waals surface area contributed by atoms with Crippen LogP contribution in [0.2, 0.25) is 0 Å². The fraction of sp³-hybridized carbons (Fsp3) is 0.429. The van der Waals surface area contributed by atoms with Crippen LogP contribution >= 0.6 is 15.9 Å². The number of hydrogen-bond donors (Lipinski definition) is 1. The number of amides is 1. The fourth-order valence-corrected chi connectivity index (χ4v) is 2.48. The summed E-state index contributed by atoms with van der Waals surface area (Å²) in [5.74, 6) is 0.141. The smallest absolute Gasteiger partial charge is 0.404 e. The number of nitrogens with zero attached hydrogens (tertiary/aromatic N) is 4. The monoisotopic (exact) mass is 399 g/mol. The van der Waals surface area contributed by atoms with Gasteiger partial charge in [-0.2, -0.15) is 4.68 Å². The second-order valence-electron chi connectivity index (χ2n) is 5.43. The molecular formula is C14H18BrN5O4. The summed E-state index contributed by atoms with van der Waals surface area (Å²) in [4.78, 5) is 24.2. The van der Waals surface area contributed by atoms with Crippen molar-refractivity contribution in [1.82, 2.24) is 20.0 Å². The van der Waals surface area contributed by atoms with E-state index >= 15 is 0 Å². The van der Waals surface area contributed by atoms with Gasteiger partial charge in [0.25, 0.3) is 5.91 Å². The SMILES string of the molecule is CN(C)CCCNC(=O)c1ccc(Cn2cc(Br)c([N+](=O)[O-])n2)o1. The van der Waals surface area contributed by atoms with Gasteiger partial charge in [-0.1, -0.05) is 0 Å². The first kappa shape index (κ1) is 18.1. The fourth-order valence-electron chi connectivity index (χ4n) is 2.02. The maximum Gasteiger partial charge on any atom is 0.404 e. The predicted octanol–water partition coefficient (Wildman–Crippen LogP) is 1.88. The summed E-state index contributed by atoms with van der Waals surface area (Å²) in [6.07, 6.45) is 2.33. The molecule has 0 aromatic carbocycles. The molecule has 0 radical (unpaired) electrons. The van der Waals surface area contributed by atoms with E-state index in [4.69, 9.17) is 4.42 Å². The molecule has 2 rings (SSSR count). The summed E-state index contributed by atoms with van der Waals surface area (Å²) in [6.45, 7) is 1.64. The van der Waals surface area contributed by atoms with E-state index in [0.29, 0.717) is 12.3 Å². The van der Waals surface area contributed by atoms with Gasteiger partial charge in [0.05, 0.1) is 11.3 Å². The number of furan rings is 1. The maximum atomic E-state index is 12.0. The van der Waals surface area contributed by atoms with Gasteiger partial charge in [-0.05, 0) is 60.0 Å². The number of halogens is 1. The number of aromatic nitrogens is 2. The van der Waals surface area contributed by atoms with Crippen LogP contribution in [0.5, 0.6) is 0 Å². The summed E-state index contributed by atoms with van der Waals surface area (Å²) in [5.41, 5.74) is 0. The molecule has 0 aliphatic rings. The lowest BCUT2D eigenvalue weighted by molar-refractivity contribution is -0.390. The van der Waals surface area contributed by atoms with Crippen molar-refractivity contribution >= 4 is 27.7 Å². The summed E-state index contributed by atoms with van der Waals surface area (Å²) >= 11 is 3.08. The maximum absolute atomic E-state index is 12.0. The standard InChI is InChI=1S/C14H18BrN5O4/c1-18(2)7-3-6-16-14(21)12-5-4-10(24-12)8-19-9-11(15)13(17-19)20(22)23/h4-5,9H,3,6-8H2,1-2H3,(H,16,21). The van der Waals surface area contributed by atoms with Gasteiger partial charge < -0.3 is 24.7 Å². The molecule has 0 spiro atoms. The Kier molecular flexibility index (Phi) is 6.10. The molecule has 0 atom stereocenters. The lowest BCUT2D eigenvalue weighted by Crippen LogP contribution is -2.26. The zero-order chi connectivity index (χ0) is 17.7. The molecule has 0 unspecified atom stereocenters. The van der Waals surface area contributed by atoms with Gasteiger partial charge in [0.1, 0.15) is 16.8 Å². The topological polar surface area (TPSA) is 106 Å². The van der Waals surface area contributed by atoms with Crippen molar-refractivity contribution in [2.45, 2.75) is 13.0 Å². The van der Waals surface area contributed by atoms with Crippen LogP contribution in [0.25, 0.3) is 0 Å². The Hall–Kier alpha value is -2.20. The van der Waals surface area contributed by atoms with Crippen molar-refractivity contribution in [2.75, 3.05) is 27.2 Å². The second kappa shape index (κ2) is 8.06. The van der Waals surface area contributed by atoms with Crippen molar-refractivity contribution in [3.8, 4) is 0 Å². The molecule has 2 aromatic rings. The molecule has 1 N–H and O–H groups in total. The van der Waals surface area contributed by atoms with E-state index in [1.807, 2.05) is 19.0 Å². The second-order valence-corrected chi connectivity index (χ2v) is 6.29. The molecule has 0 saturated heterocycles. The summed E-state index contributed by atoms with van der Waals surface area (Å²) < 4.78 is 7.13. The molecule has 24 heavy (non-hydrogen) atoms. The van der Waals surface area contributed by atoms with Gasteiger partial charge in [-0.25, -0.2) is 0 Å². The van der Waals surface area contributed by atoms with Crippen LogP contribution in [0, 0.1) is 10.1 Å². The molecule has 2 heterocycles. The third-order valence-corrected chi connectivity index (χ3v) is 3.70. The highest BCUT2D eigenvalue weighted by atomic mass is 79.9. The van der Waals surface area contributed by atoms with Gasteiger partial charge in [-0.3, -0.25) is 4.79 Å². The molecule has 1 amide bonds. The minimum Gasteiger partial charge on any atom is -0.454 e. The predicted molar refractivity (Wildman–Crippen MR) is 89.9 cm³/mol. The summed E-state index contributed by atoms with van der Waals surface area (Å²) in [5, 5.41) is 17.4. The van der Waals surface area contributed by atoms with Crippen LogP contribution in [-0.4, -0.2) is 52.7 Å². The molecule has 0 saturated carbocycles. The number of nitrogens with one attached hydrogen (secondary N) is 1.